The zero-order chi connectivity index (χ0) is 18.6. The van der Waals surface area contributed by atoms with Gasteiger partial charge in [0, 0.05) is 18.7 Å². The third-order valence-electron chi connectivity index (χ3n) is 4.03. The summed E-state index contributed by atoms with van der Waals surface area (Å²) < 4.78 is 13.0. The van der Waals surface area contributed by atoms with Crippen molar-refractivity contribution in [1.82, 2.24) is 10.2 Å². The fourth-order valence-corrected chi connectivity index (χ4v) is 2.69. The molecule has 134 valence electrons. The number of benzene rings is 1. The van der Waals surface area contributed by atoms with Gasteiger partial charge in [-0.3, -0.25) is 19.2 Å². The van der Waals surface area contributed by atoms with Crippen molar-refractivity contribution in [3.8, 4) is 0 Å². The van der Waals surface area contributed by atoms with Crippen LogP contribution in [0.1, 0.15) is 23.2 Å². The van der Waals surface area contributed by atoms with Gasteiger partial charge in [0.05, 0.1) is 5.92 Å². The summed E-state index contributed by atoms with van der Waals surface area (Å²) in [4.78, 5) is 48.5. The van der Waals surface area contributed by atoms with E-state index in [1.807, 2.05) is 0 Å². The van der Waals surface area contributed by atoms with Crippen LogP contribution in [0.5, 0.6) is 0 Å². The second-order valence-corrected chi connectivity index (χ2v) is 5.84. The van der Waals surface area contributed by atoms with Crippen molar-refractivity contribution >= 4 is 23.6 Å². The van der Waals surface area contributed by atoms with E-state index < -0.39 is 35.5 Å². The van der Waals surface area contributed by atoms with Crippen molar-refractivity contribution in [1.29, 1.82) is 0 Å². The minimum Gasteiger partial charge on any atom is -0.367 e. The molecule has 1 heterocycles. The number of carbonyl (C=O) groups is 4. The average Bonchev–Trinajstić information content (AvgIpc) is 2.59. The van der Waals surface area contributed by atoms with E-state index in [0.717, 1.165) is 0 Å². The summed E-state index contributed by atoms with van der Waals surface area (Å²) in [5.74, 6) is -4.03. The Bertz CT molecular complexity index is 678. The number of amides is 4. The number of piperidine rings is 1. The lowest BCUT2D eigenvalue weighted by Gasteiger charge is -2.32. The largest absolute Gasteiger partial charge is 0.367 e. The molecule has 9 heteroatoms. The van der Waals surface area contributed by atoms with Gasteiger partial charge in [-0.15, -0.1) is 0 Å². The number of rotatable bonds is 5. The van der Waals surface area contributed by atoms with Crippen LogP contribution >= 0.6 is 0 Å². The van der Waals surface area contributed by atoms with Crippen molar-refractivity contribution in [2.45, 2.75) is 18.9 Å². The minimum atomic E-state index is -1.59. The van der Waals surface area contributed by atoms with Gasteiger partial charge < -0.3 is 21.7 Å². The van der Waals surface area contributed by atoms with Crippen molar-refractivity contribution in [2.24, 2.45) is 17.4 Å². The summed E-state index contributed by atoms with van der Waals surface area (Å²) >= 11 is 0. The fraction of sp³-hybridized carbons (Fsp3) is 0.375. The van der Waals surface area contributed by atoms with Crippen molar-refractivity contribution in [3.63, 3.8) is 0 Å². The highest BCUT2D eigenvalue weighted by molar-refractivity contribution is 6.05. The molecule has 8 nitrogen and oxygen atoms in total. The number of nitrogens with zero attached hydrogens (tertiary/aromatic N) is 1. The number of halogens is 1. The summed E-state index contributed by atoms with van der Waals surface area (Å²) in [6.07, 6.45) is 1.06. The number of nitrogens with two attached hydrogens (primary N) is 2. The molecule has 1 saturated heterocycles. The second kappa shape index (κ2) is 7.73. The molecule has 0 bridgehead atoms. The van der Waals surface area contributed by atoms with E-state index in [0.29, 0.717) is 24.9 Å². The van der Waals surface area contributed by atoms with Crippen LogP contribution < -0.4 is 16.8 Å². The molecule has 2 rings (SSSR count). The maximum atomic E-state index is 13.0. The monoisotopic (exact) mass is 350 g/mol. The topological polar surface area (TPSA) is 136 Å². The van der Waals surface area contributed by atoms with E-state index in [-0.39, 0.29) is 12.5 Å². The third-order valence-corrected chi connectivity index (χ3v) is 4.03. The molecule has 0 spiro atoms. The first-order valence-corrected chi connectivity index (χ1v) is 7.73. The number of carbonyl (C=O) groups excluding carboxylic acids is 4. The van der Waals surface area contributed by atoms with Crippen molar-refractivity contribution in [2.75, 3.05) is 13.1 Å². The van der Waals surface area contributed by atoms with Gasteiger partial charge in [0.15, 0.2) is 6.04 Å². The molecular weight excluding hydrogens is 331 g/mol. The molecule has 0 aliphatic carbocycles. The Labute approximate surface area is 143 Å². The Morgan fingerprint density at radius 1 is 1.12 bits per heavy atom. The third kappa shape index (κ3) is 4.52. The molecule has 5 N–H and O–H groups in total. The van der Waals surface area contributed by atoms with E-state index in [1.54, 1.807) is 0 Å². The lowest BCUT2D eigenvalue weighted by molar-refractivity contribution is -0.136. The maximum absolute atomic E-state index is 13.0. The molecular formula is C16H19FN4O4. The molecule has 0 aromatic heterocycles. The standard InChI is InChI=1S/C16H19FN4O4/c17-11-5-3-9(4-6-11)16(25)21-7-1-2-10(8-21)15(24)20-12(13(18)22)14(19)23/h3-6,10,12H,1-2,7-8H2,(H2,18,22)(H2,19,23)(H,20,24)/t10-/m0/s1. The summed E-state index contributed by atoms with van der Waals surface area (Å²) in [5.41, 5.74) is 10.4. The molecule has 1 aromatic carbocycles. The number of hydrogen-bond donors (Lipinski definition) is 3. The van der Waals surface area contributed by atoms with Gasteiger partial charge in [0.1, 0.15) is 5.82 Å². The highest BCUT2D eigenvalue weighted by Gasteiger charge is 2.32. The van der Waals surface area contributed by atoms with Gasteiger partial charge >= 0.3 is 0 Å². The maximum Gasteiger partial charge on any atom is 0.253 e. The Morgan fingerprint density at radius 3 is 2.28 bits per heavy atom. The number of primary amides is 2. The molecule has 1 aliphatic rings. The van der Waals surface area contributed by atoms with Gasteiger partial charge in [-0.25, -0.2) is 4.39 Å². The number of likely N-dealkylation sites (tertiary alicyclic amines) is 1. The first-order valence-electron chi connectivity index (χ1n) is 7.73. The van der Waals surface area contributed by atoms with Gasteiger partial charge in [0.25, 0.3) is 5.91 Å². The second-order valence-electron chi connectivity index (χ2n) is 5.84. The van der Waals surface area contributed by atoms with Crippen LogP contribution in [-0.4, -0.2) is 47.7 Å². The van der Waals surface area contributed by atoms with E-state index in [4.69, 9.17) is 11.5 Å². The summed E-state index contributed by atoms with van der Waals surface area (Å²) in [5, 5.41) is 2.22. The van der Waals surface area contributed by atoms with Gasteiger partial charge in [-0.1, -0.05) is 0 Å². The van der Waals surface area contributed by atoms with Crippen LogP contribution in [0.25, 0.3) is 0 Å². The lowest BCUT2D eigenvalue weighted by Crippen LogP contribution is -2.55. The van der Waals surface area contributed by atoms with Crippen molar-refractivity contribution < 1.29 is 23.6 Å². The van der Waals surface area contributed by atoms with Gasteiger partial charge in [0.2, 0.25) is 17.7 Å². The first-order chi connectivity index (χ1) is 11.8. The summed E-state index contributed by atoms with van der Waals surface area (Å²) in [6.45, 7) is 0.571. The van der Waals surface area contributed by atoms with Crippen LogP contribution in [0.15, 0.2) is 24.3 Å². The normalized spacial score (nSPS) is 17.2. The van der Waals surface area contributed by atoms with Crippen molar-refractivity contribution in [3.05, 3.63) is 35.6 Å². The Hall–Kier alpha value is -2.97. The lowest BCUT2D eigenvalue weighted by atomic mass is 9.96. The molecule has 0 unspecified atom stereocenters. The van der Waals surface area contributed by atoms with E-state index in [2.05, 4.69) is 5.32 Å². The summed E-state index contributed by atoms with van der Waals surface area (Å²) in [6, 6.07) is 3.53. The Kier molecular flexibility index (Phi) is 5.68. The minimum absolute atomic E-state index is 0.117. The summed E-state index contributed by atoms with van der Waals surface area (Å²) in [7, 11) is 0. The molecule has 4 amide bonds. The van der Waals surface area contributed by atoms with Crippen LogP contribution in [0.4, 0.5) is 4.39 Å². The first kappa shape index (κ1) is 18.4. The molecule has 0 saturated carbocycles. The Balaban J connectivity index is 2.03. The van der Waals surface area contributed by atoms with E-state index in [1.165, 1.54) is 29.2 Å². The molecule has 1 aliphatic heterocycles. The molecule has 1 atom stereocenters. The van der Waals surface area contributed by atoms with E-state index >= 15 is 0 Å². The van der Waals surface area contributed by atoms with Crippen LogP contribution in [0.2, 0.25) is 0 Å². The number of hydrogen-bond acceptors (Lipinski definition) is 4. The SMILES string of the molecule is NC(=O)C(NC(=O)[C@H]1CCCN(C(=O)c2ccc(F)cc2)C1)C(N)=O. The Morgan fingerprint density at radius 2 is 1.72 bits per heavy atom. The highest BCUT2D eigenvalue weighted by Crippen LogP contribution is 2.19. The molecule has 1 fully saturated rings. The predicted octanol–water partition coefficient (Wildman–Crippen LogP) is -0.867. The fourth-order valence-electron chi connectivity index (χ4n) is 2.69. The number of nitrogens with one attached hydrogen (secondary N) is 1. The smallest absolute Gasteiger partial charge is 0.253 e. The molecule has 1 aromatic rings. The highest BCUT2D eigenvalue weighted by atomic mass is 19.1. The van der Waals surface area contributed by atoms with Crippen LogP contribution in [-0.2, 0) is 14.4 Å². The quantitative estimate of drug-likeness (QED) is 0.595. The predicted molar refractivity (Wildman–Crippen MR) is 85.3 cm³/mol. The van der Waals surface area contributed by atoms with Gasteiger partial charge in [-0.05, 0) is 37.1 Å². The van der Waals surface area contributed by atoms with Gasteiger partial charge in [-0.2, -0.15) is 0 Å². The molecule has 0 radical (unpaired) electrons. The average molecular weight is 350 g/mol. The zero-order valence-corrected chi connectivity index (χ0v) is 13.4. The van der Waals surface area contributed by atoms with Crippen LogP contribution in [0, 0.1) is 11.7 Å². The zero-order valence-electron chi connectivity index (χ0n) is 13.4. The molecule has 25 heavy (non-hydrogen) atoms. The van der Waals surface area contributed by atoms with Crippen LogP contribution in [0.3, 0.4) is 0 Å². The van der Waals surface area contributed by atoms with E-state index in [9.17, 15) is 23.6 Å².